The number of hydrogen-bond acceptors (Lipinski definition) is 2. The van der Waals surface area contributed by atoms with E-state index in [1.165, 1.54) is 0 Å². The predicted molar refractivity (Wildman–Crippen MR) is 63.0 cm³/mol. The Labute approximate surface area is 92.6 Å². The second kappa shape index (κ2) is 5.35. The van der Waals surface area contributed by atoms with Crippen LogP contribution in [0.15, 0.2) is 4.99 Å². The Morgan fingerprint density at radius 2 is 1.80 bits per heavy atom. The normalized spacial score (nSPS) is 25.1. The highest BCUT2D eigenvalue weighted by atomic mass is 16.3. The minimum absolute atomic E-state index is 0.140. The summed E-state index contributed by atoms with van der Waals surface area (Å²) in [5.41, 5.74) is 0. The second-order valence-corrected chi connectivity index (χ2v) is 4.69. The van der Waals surface area contributed by atoms with Gasteiger partial charge >= 0.3 is 0 Å². The summed E-state index contributed by atoms with van der Waals surface area (Å²) in [7, 11) is 7.96. The SMILES string of the molecule is CN(C)C(=NC[C@H]1CCC[C@@H]1O)N(C)C. The highest BCUT2D eigenvalue weighted by molar-refractivity contribution is 5.79. The fourth-order valence-electron chi connectivity index (χ4n) is 2.11. The van der Waals surface area contributed by atoms with Crippen LogP contribution in [0.1, 0.15) is 19.3 Å². The van der Waals surface area contributed by atoms with Gasteiger partial charge in [-0.15, -0.1) is 0 Å². The van der Waals surface area contributed by atoms with Gasteiger partial charge in [0.2, 0.25) is 0 Å². The van der Waals surface area contributed by atoms with E-state index in [-0.39, 0.29) is 6.10 Å². The van der Waals surface area contributed by atoms with E-state index >= 15 is 0 Å². The number of rotatable bonds is 2. The number of hydrogen-bond donors (Lipinski definition) is 1. The Hall–Kier alpha value is -0.770. The number of aliphatic hydroxyl groups is 1. The molecule has 0 aromatic heterocycles. The summed E-state index contributed by atoms with van der Waals surface area (Å²) in [5, 5.41) is 9.68. The zero-order valence-electron chi connectivity index (χ0n) is 10.3. The molecule has 1 fully saturated rings. The van der Waals surface area contributed by atoms with E-state index in [4.69, 9.17) is 0 Å². The molecule has 4 heteroatoms. The van der Waals surface area contributed by atoms with Crippen LogP contribution in [0.5, 0.6) is 0 Å². The molecule has 88 valence electrons. The molecule has 15 heavy (non-hydrogen) atoms. The highest BCUT2D eigenvalue weighted by Gasteiger charge is 2.24. The molecule has 0 aromatic carbocycles. The highest BCUT2D eigenvalue weighted by Crippen LogP contribution is 2.25. The first-order chi connectivity index (χ1) is 7.02. The summed E-state index contributed by atoms with van der Waals surface area (Å²) in [4.78, 5) is 8.57. The zero-order valence-corrected chi connectivity index (χ0v) is 10.3. The van der Waals surface area contributed by atoms with E-state index in [1.54, 1.807) is 0 Å². The molecule has 0 saturated heterocycles. The zero-order chi connectivity index (χ0) is 11.4. The molecule has 0 amide bonds. The minimum atomic E-state index is -0.140. The van der Waals surface area contributed by atoms with Gasteiger partial charge in [-0.1, -0.05) is 6.42 Å². The molecule has 0 heterocycles. The fourth-order valence-corrected chi connectivity index (χ4v) is 2.11. The van der Waals surface area contributed by atoms with E-state index in [0.717, 1.165) is 31.8 Å². The molecular weight excluding hydrogens is 190 g/mol. The van der Waals surface area contributed by atoms with Gasteiger partial charge in [0.1, 0.15) is 0 Å². The van der Waals surface area contributed by atoms with Crippen molar-refractivity contribution in [3.8, 4) is 0 Å². The van der Waals surface area contributed by atoms with Crippen molar-refractivity contribution in [3.05, 3.63) is 0 Å². The Balaban J connectivity index is 2.53. The largest absolute Gasteiger partial charge is 0.393 e. The van der Waals surface area contributed by atoms with Crippen LogP contribution >= 0.6 is 0 Å². The summed E-state index contributed by atoms with van der Waals surface area (Å²) in [5.74, 6) is 1.33. The van der Waals surface area contributed by atoms with Crippen molar-refractivity contribution in [3.63, 3.8) is 0 Å². The first-order valence-electron chi connectivity index (χ1n) is 5.59. The van der Waals surface area contributed by atoms with E-state index in [2.05, 4.69) is 4.99 Å². The topological polar surface area (TPSA) is 39.1 Å². The molecular formula is C11H23N3O. The summed E-state index contributed by atoms with van der Waals surface area (Å²) in [6.45, 7) is 0.743. The molecule has 0 aliphatic heterocycles. The third kappa shape index (κ3) is 3.38. The van der Waals surface area contributed by atoms with Gasteiger partial charge in [-0.3, -0.25) is 4.99 Å². The first kappa shape index (κ1) is 12.3. The van der Waals surface area contributed by atoms with Crippen molar-refractivity contribution < 1.29 is 5.11 Å². The monoisotopic (exact) mass is 213 g/mol. The molecule has 4 nitrogen and oxygen atoms in total. The Morgan fingerprint density at radius 1 is 1.20 bits per heavy atom. The molecule has 0 aromatic rings. The van der Waals surface area contributed by atoms with Crippen LogP contribution in [-0.2, 0) is 0 Å². The van der Waals surface area contributed by atoms with Gasteiger partial charge in [-0.05, 0) is 12.8 Å². The molecule has 1 rings (SSSR count). The van der Waals surface area contributed by atoms with Crippen LogP contribution in [0.4, 0.5) is 0 Å². The maximum atomic E-state index is 9.68. The second-order valence-electron chi connectivity index (χ2n) is 4.69. The summed E-state index contributed by atoms with van der Waals surface area (Å²) in [6, 6.07) is 0. The van der Waals surface area contributed by atoms with Crippen LogP contribution < -0.4 is 0 Å². The van der Waals surface area contributed by atoms with Crippen molar-refractivity contribution in [2.45, 2.75) is 25.4 Å². The average Bonchev–Trinajstić information content (AvgIpc) is 2.51. The van der Waals surface area contributed by atoms with Crippen molar-refractivity contribution in [2.75, 3.05) is 34.7 Å². The van der Waals surface area contributed by atoms with Gasteiger partial charge in [0.25, 0.3) is 0 Å². The van der Waals surface area contributed by atoms with Crippen LogP contribution in [0.3, 0.4) is 0 Å². The molecule has 0 unspecified atom stereocenters. The third-order valence-electron chi connectivity index (χ3n) is 2.89. The Morgan fingerprint density at radius 3 is 2.20 bits per heavy atom. The molecule has 0 radical (unpaired) electrons. The van der Waals surface area contributed by atoms with Crippen LogP contribution in [-0.4, -0.2) is 61.7 Å². The molecule has 0 spiro atoms. The molecule has 0 bridgehead atoms. The van der Waals surface area contributed by atoms with Crippen molar-refractivity contribution >= 4 is 5.96 Å². The van der Waals surface area contributed by atoms with Gasteiger partial charge in [-0.2, -0.15) is 0 Å². The Bertz CT molecular complexity index is 216. The lowest BCUT2D eigenvalue weighted by molar-refractivity contribution is 0.136. The fraction of sp³-hybridized carbons (Fsp3) is 0.909. The lowest BCUT2D eigenvalue weighted by atomic mass is 10.1. The summed E-state index contributed by atoms with van der Waals surface area (Å²) in [6.07, 6.45) is 3.05. The van der Waals surface area contributed by atoms with Gasteiger partial charge < -0.3 is 14.9 Å². The molecule has 2 atom stereocenters. The lowest BCUT2D eigenvalue weighted by Gasteiger charge is -2.23. The molecule has 1 aliphatic carbocycles. The van der Waals surface area contributed by atoms with Crippen molar-refractivity contribution in [1.82, 2.24) is 9.80 Å². The van der Waals surface area contributed by atoms with Crippen LogP contribution in [0.25, 0.3) is 0 Å². The smallest absolute Gasteiger partial charge is 0.195 e. The number of aliphatic imine (C=N–C) groups is 1. The predicted octanol–water partition coefficient (Wildman–Crippen LogP) is 0.627. The first-order valence-corrected chi connectivity index (χ1v) is 5.59. The number of aliphatic hydroxyl groups excluding tert-OH is 1. The average molecular weight is 213 g/mol. The van der Waals surface area contributed by atoms with E-state index in [0.29, 0.717) is 5.92 Å². The maximum absolute atomic E-state index is 9.68. The third-order valence-corrected chi connectivity index (χ3v) is 2.89. The molecule has 1 aliphatic rings. The number of guanidine groups is 1. The summed E-state index contributed by atoms with van der Waals surface area (Å²) < 4.78 is 0. The van der Waals surface area contributed by atoms with Gasteiger partial charge in [-0.25, -0.2) is 0 Å². The standard InChI is InChI=1S/C11H23N3O/c1-13(2)11(14(3)4)12-8-9-6-5-7-10(9)15/h9-10,15H,5-8H2,1-4H3/t9-,10+/m1/s1. The van der Waals surface area contributed by atoms with Crippen molar-refractivity contribution in [1.29, 1.82) is 0 Å². The van der Waals surface area contributed by atoms with E-state index < -0.39 is 0 Å². The van der Waals surface area contributed by atoms with Crippen LogP contribution in [0.2, 0.25) is 0 Å². The summed E-state index contributed by atoms with van der Waals surface area (Å²) >= 11 is 0. The quantitative estimate of drug-likeness (QED) is 0.540. The molecule has 1 saturated carbocycles. The van der Waals surface area contributed by atoms with E-state index in [1.807, 2.05) is 38.0 Å². The Kier molecular flexibility index (Phi) is 4.39. The lowest BCUT2D eigenvalue weighted by Crippen LogP contribution is -2.36. The maximum Gasteiger partial charge on any atom is 0.195 e. The number of nitrogens with zero attached hydrogens (tertiary/aromatic N) is 3. The van der Waals surface area contributed by atoms with Crippen molar-refractivity contribution in [2.24, 2.45) is 10.9 Å². The van der Waals surface area contributed by atoms with E-state index in [9.17, 15) is 5.11 Å². The van der Waals surface area contributed by atoms with Gasteiger partial charge in [0, 0.05) is 40.7 Å². The van der Waals surface area contributed by atoms with Gasteiger partial charge in [0.15, 0.2) is 5.96 Å². The van der Waals surface area contributed by atoms with Crippen LogP contribution in [0, 0.1) is 5.92 Å². The minimum Gasteiger partial charge on any atom is -0.393 e. The van der Waals surface area contributed by atoms with Gasteiger partial charge in [0.05, 0.1) is 6.10 Å². The molecule has 1 N–H and O–H groups in total.